The number of anilines is 1. The van der Waals surface area contributed by atoms with Crippen molar-refractivity contribution in [1.82, 2.24) is 10.2 Å². The summed E-state index contributed by atoms with van der Waals surface area (Å²) in [5.41, 5.74) is 2.20. The lowest BCUT2D eigenvalue weighted by Gasteiger charge is -2.19. The number of likely N-dealkylation sites (N-methyl/N-ethyl adjacent to an activating group) is 2. The third kappa shape index (κ3) is 3.36. The summed E-state index contributed by atoms with van der Waals surface area (Å²) < 4.78 is 24.8. The number of amides is 1. The fourth-order valence-electron chi connectivity index (χ4n) is 2.45. The van der Waals surface area contributed by atoms with Gasteiger partial charge in [-0.2, -0.15) is 0 Å². The molecule has 0 aliphatic carbocycles. The molecule has 2 rings (SSSR count). The van der Waals surface area contributed by atoms with Crippen molar-refractivity contribution < 1.29 is 13.2 Å². The van der Waals surface area contributed by atoms with Gasteiger partial charge in [-0.1, -0.05) is 0 Å². The first-order valence-electron chi connectivity index (χ1n) is 6.85. The van der Waals surface area contributed by atoms with E-state index in [9.17, 15) is 13.2 Å². The Morgan fingerprint density at radius 2 is 2.14 bits per heavy atom. The van der Waals surface area contributed by atoms with E-state index in [0.717, 1.165) is 12.1 Å². The lowest BCUT2D eigenvalue weighted by atomic mass is 10.1. The van der Waals surface area contributed by atoms with Gasteiger partial charge in [-0.3, -0.25) is 9.10 Å². The van der Waals surface area contributed by atoms with Crippen LogP contribution < -0.4 is 9.62 Å². The van der Waals surface area contributed by atoms with Crippen molar-refractivity contribution in [2.45, 2.75) is 6.42 Å². The molecule has 0 radical (unpaired) electrons. The molecule has 0 atom stereocenters. The minimum atomic E-state index is -3.25. The number of carbonyl (C=O) groups is 1. The Morgan fingerprint density at radius 1 is 1.43 bits per heavy atom. The van der Waals surface area contributed by atoms with Gasteiger partial charge in [-0.25, -0.2) is 8.42 Å². The number of sulfonamides is 1. The second-order valence-corrected chi connectivity index (χ2v) is 7.17. The van der Waals surface area contributed by atoms with Gasteiger partial charge in [-0.05, 0) is 37.2 Å². The Labute approximate surface area is 125 Å². The minimum absolute atomic E-state index is 0.0501. The van der Waals surface area contributed by atoms with Gasteiger partial charge in [0.1, 0.15) is 0 Å². The quantitative estimate of drug-likeness (QED) is 0.849. The van der Waals surface area contributed by atoms with E-state index in [1.54, 1.807) is 30.1 Å². The van der Waals surface area contributed by atoms with E-state index in [0.29, 0.717) is 30.8 Å². The van der Waals surface area contributed by atoms with E-state index in [1.807, 2.05) is 7.05 Å². The zero-order valence-electron chi connectivity index (χ0n) is 12.6. The van der Waals surface area contributed by atoms with Crippen LogP contribution in [0.3, 0.4) is 0 Å². The van der Waals surface area contributed by atoms with E-state index >= 15 is 0 Å². The minimum Gasteiger partial charge on any atom is -0.340 e. The summed E-state index contributed by atoms with van der Waals surface area (Å²) in [6.45, 7) is 1.80. The maximum absolute atomic E-state index is 12.3. The van der Waals surface area contributed by atoms with Gasteiger partial charge in [0.25, 0.3) is 5.91 Å². The van der Waals surface area contributed by atoms with E-state index in [1.165, 1.54) is 10.6 Å². The molecule has 1 aliphatic rings. The van der Waals surface area contributed by atoms with Crippen molar-refractivity contribution in [3.8, 4) is 0 Å². The third-order valence-corrected chi connectivity index (χ3v) is 4.80. The summed E-state index contributed by atoms with van der Waals surface area (Å²) in [7, 11) is 0.353. The van der Waals surface area contributed by atoms with Crippen molar-refractivity contribution in [3.63, 3.8) is 0 Å². The first kappa shape index (κ1) is 15.8. The average Bonchev–Trinajstić information content (AvgIpc) is 2.86. The molecule has 0 saturated carbocycles. The standard InChI is InChI=1S/C14H21N3O3S/c1-15-7-9-16(2)14(18)12-4-5-13-11(10-12)6-8-17(13)21(3,19)20/h4-5,10,15H,6-9H2,1-3H3. The van der Waals surface area contributed by atoms with Crippen LogP contribution in [0.5, 0.6) is 0 Å². The number of nitrogens with zero attached hydrogens (tertiary/aromatic N) is 2. The molecule has 7 heteroatoms. The molecule has 0 bridgehead atoms. The van der Waals surface area contributed by atoms with Crippen LogP contribution in [0.15, 0.2) is 18.2 Å². The van der Waals surface area contributed by atoms with E-state index < -0.39 is 10.0 Å². The highest BCUT2D eigenvalue weighted by atomic mass is 32.2. The second kappa shape index (κ2) is 6.03. The number of hydrogen-bond acceptors (Lipinski definition) is 4. The Bertz CT molecular complexity index is 643. The number of benzene rings is 1. The zero-order valence-corrected chi connectivity index (χ0v) is 13.4. The Balaban J connectivity index is 2.22. The summed E-state index contributed by atoms with van der Waals surface area (Å²) in [5, 5.41) is 3.00. The van der Waals surface area contributed by atoms with E-state index in [2.05, 4.69) is 5.32 Å². The number of hydrogen-bond donors (Lipinski definition) is 1. The van der Waals surface area contributed by atoms with Gasteiger partial charge < -0.3 is 10.2 Å². The normalized spacial score (nSPS) is 14.1. The maximum atomic E-state index is 12.3. The summed E-state index contributed by atoms with van der Waals surface area (Å²) in [6.07, 6.45) is 1.84. The lowest BCUT2D eigenvalue weighted by molar-refractivity contribution is 0.0797. The van der Waals surface area contributed by atoms with Crippen LogP contribution in [0.2, 0.25) is 0 Å². The van der Waals surface area contributed by atoms with Gasteiger partial charge in [0.15, 0.2) is 0 Å². The van der Waals surface area contributed by atoms with Crippen molar-refractivity contribution >= 4 is 21.6 Å². The molecule has 1 amide bonds. The molecule has 1 aliphatic heterocycles. The molecular formula is C14H21N3O3S. The fourth-order valence-corrected chi connectivity index (χ4v) is 3.41. The average molecular weight is 311 g/mol. The van der Waals surface area contributed by atoms with Gasteiger partial charge in [0.05, 0.1) is 11.9 Å². The van der Waals surface area contributed by atoms with Gasteiger partial charge in [-0.15, -0.1) is 0 Å². The maximum Gasteiger partial charge on any atom is 0.253 e. The fraction of sp³-hybridized carbons (Fsp3) is 0.500. The monoisotopic (exact) mass is 311 g/mol. The number of rotatable bonds is 5. The highest BCUT2D eigenvalue weighted by molar-refractivity contribution is 7.92. The summed E-state index contributed by atoms with van der Waals surface area (Å²) >= 11 is 0. The highest BCUT2D eigenvalue weighted by Crippen LogP contribution is 2.30. The molecular weight excluding hydrogens is 290 g/mol. The van der Waals surface area contributed by atoms with Gasteiger partial charge in [0, 0.05) is 32.2 Å². The van der Waals surface area contributed by atoms with E-state index in [4.69, 9.17) is 0 Å². The van der Waals surface area contributed by atoms with Gasteiger partial charge in [0.2, 0.25) is 10.0 Å². The lowest BCUT2D eigenvalue weighted by Crippen LogP contribution is -2.32. The van der Waals surface area contributed by atoms with E-state index in [-0.39, 0.29) is 5.91 Å². The number of nitrogens with one attached hydrogen (secondary N) is 1. The molecule has 1 N–H and O–H groups in total. The van der Waals surface area contributed by atoms with Crippen LogP contribution in [-0.4, -0.2) is 59.2 Å². The van der Waals surface area contributed by atoms with Crippen LogP contribution in [0.4, 0.5) is 5.69 Å². The highest BCUT2D eigenvalue weighted by Gasteiger charge is 2.27. The van der Waals surface area contributed by atoms with Crippen molar-refractivity contribution in [3.05, 3.63) is 29.3 Å². The first-order valence-corrected chi connectivity index (χ1v) is 8.70. The molecule has 0 unspecified atom stereocenters. The molecule has 1 heterocycles. The number of fused-ring (bicyclic) bond motifs is 1. The molecule has 1 aromatic carbocycles. The summed E-state index contributed by atoms with van der Waals surface area (Å²) in [4.78, 5) is 13.9. The van der Waals surface area contributed by atoms with Crippen LogP contribution >= 0.6 is 0 Å². The zero-order chi connectivity index (χ0) is 15.6. The third-order valence-electron chi connectivity index (χ3n) is 3.62. The Morgan fingerprint density at radius 3 is 2.76 bits per heavy atom. The van der Waals surface area contributed by atoms with Crippen LogP contribution in [0.25, 0.3) is 0 Å². The molecule has 6 nitrogen and oxygen atoms in total. The van der Waals surface area contributed by atoms with Crippen molar-refractivity contribution in [2.24, 2.45) is 0 Å². The predicted molar refractivity (Wildman–Crippen MR) is 83.2 cm³/mol. The van der Waals surface area contributed by atoms with Crippen LogP contribution in [0.1, 0.15) is 15.9 Å². The second-order valence-electron chi connectivity index (χ2n) is 5.26. The summed E-state index contributed by atoms with van der Waals surface area (Å²) in [6, 6.07) is 5.22. The number of carbonyl (C=O) groups excluding carboxylic acids is 1. The molecule has 21 heavy (non-hydrogen) atoms. The van der Waals surface area contributed by atoms with Crippen molar-refractivity contribution in [1.29, 1.82) is 0 Å². The largest absolute Gasteiger partial charge is 0.340 e. The molecule has 0 fully saturated rings. The SMILES string of the molecule is CNCCN(C)C(=O)c1ccc2c(c1)CCN2S(C)(=O)=O. The molecule has 1 aromatic rings. The Kier molecular flexibility index (Phi) is 4.53. The smallest absolute Gasteiger partial charge is 0.253 e. The van der Waals surface area contributed by atoms with Gasteiger partial charge >= 0.3 is 0 Å². The molecule has 116 valence electrons. The molecule has 0 saturated heterocycles. The predicted octanol–water partition coefficient (Wildman–Crippen LogP) is 0.300. The Hall–Kier alpha value is -1.60. The summed E-state index contributed by atoms with van der Waals surface area (Å²) in [5.74, 6) is -0.0501. The first-order chi connectivity index (χ1) is 9.84. The van der Waals surface area contributed by atoms with Crippen LogP contribution in [0, 0.1) is 0 Å². The molecule has 0 spiro atoms. The van der Waals surface area contributed by atoms with Crippen molar-refractivity contribution in [2.75, 3.05) is 44.3 Å². The van der Waals surface area contributed by atoms with Crippen LogP contribution in [-0.2, 0) is 16.4 Å². The molecule has 0 aromatic heterocycles. The topological polar surface area (TPSA) is 69.7 Å².